The lowest BCUT2D eigenvalue weighted by Crippen LogP contribution is -2.20. The summed E-state index contributed by atoms with van der Waals surface area (Å²) < 4.78 is 12.5. The Balaban J connectivity index is 1.46. The molecule has 0 fully saturated rings. The highest BCUT2D eigenvalue weighted by molar-refractivity contribution is 6.00. The van der Waals surface area contributed by atoms with Crippen molar-refractivity contribution < 1.29 is 14.3 Å². The molecule has 0 unspecified atom stereocenters. The molecule has 4 aromatic rings. The molecule has 0 aliphatic rings. The third kappa shape index (κ3) is 4.70. The van der Waals surface area contributed by atoms with E-state index in [1.807, 2.05) is 13.0 Å². The van der Waals surface area contributed by atoms with Crippen molar-refractivity contribution in [2.24, 2.45) is 0 Å². The predicted molar refractivity (Wildman–Crippen MR) is 123 cm³/mol. The Bertz CT molecular complexity index is 1320. The highest BCUT2D eigenvalue weighted by atomic mass is 16.5. The number of amides is 2. The minimum Gasteiger partial charge on any atom is -0.497 e. The van der Waals surface area contributed by atoms with Crippen LogP contribution in [-0.4, -0.2) is 22.5 Å². The van der Waals surface area contributed by atoms with Gasteiger partial charge in [0.15, 0.2) is 0 Å². The maximum Gasteiger partial charge on any atom is 0.323 e. The summed E-state index contributed by atoms with van der Waals surface area (Å²) in [5, 5.41) is 5.54. The van der Waals surface area contributed by atoms with Crippen LogP contribution in [0, 0.1) is 6.92 Å². The highest BCUT2D eigenvalue weighted by Crippen LogP contribution is 2.25. The van der Waals surface area contributed by atoms with Crippen LogP contribution in [0.5, 0.6) is 11.5 Å². The number of aromatic nitrogens is 2. The molecule has 0 saturated carbocycles. The van der Waals surface area contributed by atoms with Crippen molar-refractivity contribution in [2.75, 3.05) is 17.7 Å². The summed E-state index contributed by atoms with van der Waals surface area (Å²) >= 11 is 0. The molecule has 162 valence electrons. The van der Waals surface area contributed by atoms with Crippen LogP contribution >= 0.6 is 0 Å². The maximum atomic E-state index is 12.4. The van der Waals surface area contributed by atoms with Gasteiger partial charge in [-0.15, -0.1) is 0 Å². The number of urea groups is 1. The molecular weight excluding hydrogens is 408 g/mol. The number of benzene rings is 2. The molecule has 32 heavy (non-hydrogen) atoms. The molecule has 2 amide bonds. The summed E-state index contributed by atoms with van der Waals surface area (Å²) in [6.07, 6.45) is 1.68. The van der Waals surface area contributed by atoms with E-state index in [1.165, 1.54) is 10.5 Å². The lowest BCUT2D eigenvalue weighted by Gasteiger charge is -2.13. The number of ether oxygens (including phenoxy) is 2. The van der Waals surface area contributed by atoms with Crippen molar-refractivity contribution in [3.05, 3.63) is 94.5 Å². The van der Waals surface area contributed by atoms with Crippen LogP contribution in [0.3, 0.4) is 0 Å². The zero-order chi connectivity index (χ0) is 22.5. The van der Waals surface area contributed by atoms with Crippen molar-refractivity contribution in [1.82, 2.24) is 9.38 Å². The number of fused-ring (bicyclic) bond motifs is 1. The number of pyridine rings is 1. The third-order valence-electron chi connectivity index (χ3n) is 4.80. The van der Waals surface area contributed by atoms with E-state index < -0.39 is 6.03 Å². The van der Waals surface area contributed by atoms with Crippen LogP contribution in [0.25, 0.3) is 5.65 Å². The van der Waals surface area contributed by atoms with Crippen molar-refractivity contribution in [1.29, 1.82) is 0 Å². The number of carbonyl (C=O) groups is 1. The van der Waals surface area contributed by atoms with Gasteiger partial charge in [-0.05, 0) is 55.0 Å². The van der Waals surface area contributed by atoms with Crippen LogP contribution in [0.4, 0.5) is 16.2 Å². The largest absolute Gasteiger partial charge is 0.497 e. The average molecular weight is 430 g/mol. The number of carbonyl (C=O) groups excluding carboxylic acids is 1. The Morgan fingerprint density at radius 1 is 1.03 bits per heavy atom. The number of methoxy groups -OCH3 is 1. The standard InChI is InChI=1S/C24H22N4O4/c1-16-6-5-13-28-22(29)14-18(25-23(16)28)15-32-21-8-4-3-7-20(21)27-24(30)26-17-9-11-19(31-2)12-10-17/h3-14H,15H2,1-2H3,(H2,26,27,30). The van der Waals surface area contributed by atoms with Crippen LogP contribution in [0.1, 0.15) is 11.3 Å². The lowest BCUT2D eigenvalue weighted by molar-refractivity contribution is 0.261. The first-order valence-electron chi connectivity index (χ1n) is 9.95. The summed E-state index contributed by atoms with van der Waals surface area (Å²) in [6.45, 7) is 1.98. The SMILES string of the molecule is COc1ccc(NC(=O)Nc2ccccc2OCc2cc(=O)n3cccc(C)c3n2)cc1. The highest BCUT2D eigenvalue weighted by Gasteiger charge is 2.10. The summed E-state index contributed by atoms with van der Waals surface area (Å²) in [6, 6.07) is 18.8. The minimum atomic E-state index is -0.413. The van der Waals surface area contributed by atoms with Gasteiger partial charge in [-0.3, -0.25) is 9.20 Å². The van der Waals surface area contributed by atoms with E-state index in [2.05, 4.69) is 15.6 Å². The molecule has 0 saturated heterocycles. The number of hydrogen-bond donors (Lipinski definition) is 2. The Labute approximate surface area is 184 Å². The van der Waals surface area contributed by atoms with Crippen molar-refractivity contribution in [3.8, 4) is 11.5 Å². The Kier molecular flexibility index (Phi) is 6.03. The molecule has 8 nitrogen and oxygen atoms in total. The van der Waals surface area contributed by atoms with Crippen molar-refractivity contribution in [2.45, 2.75) is 13.5 Å². The Morgan fingerprint density at radius 3 is 2.59 bits per heavy atom. The summed E-state index contributed by atoms with van der Waals surface area (Å²) in [5.74, 6) is 1.16. The van der Waals surface area contributed by atoms with Gasteiger partial charge in [-0.1, -0.05) is 18.2 Å². The van der Waals surface area contributed by atoms with E-state index in [0.717, 1.165) is 5.56 Å². The molecule has 4 rings (SSSR count). The first-order chi connectivity index (χ1) is 15.5. The predicted octanol–water partition coefficient (Wildman–Crippen LogP) is 4.23. The number of nitrogens with one attached hydrogen (secondary N) is 2. The topological polar surface area (TPSA) is 94.0 Å². The molecule has 2 N–H and O–H groups in total. The number of aryl methyl sites for hydroxylation is 1. The molecule has 2 aromatic heterocycles. The zero-order valence-electron chi connectivity index (χ0n) is 17.7. The monoisotopic (exact) mass is 430 g/mol. The van der Waals surface area contributed by atoms with E-state index in [-0.39, 0.29) is 12.2 Å². The Hall–Kier alpha value is -4.33. The minimum absolute atomic E-state index is 0.0822. The van der Waals surface area contributed by atoms with E-state index in [9.17, 15) is 9.59 Å². The van der Waals surface area contributed by atoms with Gasteiger partial charge in [0.25, 0.3) is 5.56 Å². The zero-order valence-corrected chi connectivity index (χ0v) is 17.7. The van der Waals surface area contributed by atoms with Crippen molar-refractivity contribution in [3.63, 3.8) is 0 Å². The molecule has 0 spiro atoms. The van der Waals surface area contributed by atoms with Gasteiger partial charge in [0, 0.05) is 18.0 Å². The summed E-state index contributed by atoms with van der Waals surface area (Å²) in [4.78, 5) is 29.3. The average Bonchev–Trinajstić information content (AvgIpc) is 2.80. The normalized spacial score (nSPS) is 10.6. The molecule has 0 aliphatic carbocycles. The second-order valence-corrected chi connectivity index (χ2v) is 7.06. The van der Waals surface area contributed by atoms with E-state index in [1.54, 1.807) is 67.9 Å². The molecule has 0 bridgehead atoms. The van der Waals surface area contributed by atoms with Crippen LogP contribution in [0.2, 0.25) is 0 Å². The number of nitrogens with zero attached hydrogens (tertiary/aromatic N) is 2. The number of para-hydroxylation sites is 2. The first kappa shape index (κ1) is 20.9. The van der Waals surface area contributed by atoms with Gasteiger partial charge in [0.05, 0.1) is 18.5 Å². The van der Waals surface area contributed by atoms with Gasteiger partial charge in [-0.2, -0.15) is 0 Å². The number of anilines is 2. The van der Waals surface area contributed by atoms with E-state index in [4.69, 9.17) is 9.47 Å². The fourth-order valence-corrected chi connectivity index (χ4v) is 3.19. The van der Waals surface area contributed by atoms with E-state index in [0.29, 0.717) is 34.2 Å². The molecule has 2 heterocycles. The van der Waals surface area contributed by atoms with Gasteiger partial charge in [-0.25, -0.2) is 9.78 Å². The van der Waals surface area contributed by atoms with Crippen LogP contribution in [0.15, 0.2) is 77.7 Å². The van der Waals surface area contributed by atoms with Gasteiger partial charge in [0.1, 0.15) is 23.8 Å². The van der Waals surface area contributed by atoms with E-state index >= 15 is 0 Å². The fourth-order valence-electron chi connectivity index (χ4n) is 3.19. The molecular formula is C24H22N4O4. The lowest BCUT2D eigenvalue weighted by atomic mass is 10.2. The number of rotatable bonds is 6. The smallest absolute Gasteiger partial charge is 0.323 e. The van der Waals surface area contributed by atoms with Gasteiger partial charge < -0.3 is 20.1 Å². The third-order valence-corrected chi connectivity index (χ3v) is 4.80. The van der Waals surface area contributed by atoms with Gasteiger partial charge >= 0.3 is 6.03 Å². The summed E-state index contributed by atoms with van der Waals surface area (Å²) in [5.41, 5.74) is 2.92. The molecule has 0 radical (unpaired) electrons. The molecule has 0 aliphatic heterocycles. The second kappa shape index (κ2) is 9.22. The molecule has 8 heteroatoms. The second-order valence-electron chi connectivity index (χ2n) is 7.06. The fraction of sp³-hybridized carbons (Fsp3) is 0.125. The first-order valence-corrected chi connectivity index (χ1v) is 9.95. The van der Waals surface area contributed by atoms with Crippen molar-refractivity contribution >= 4 is 23.1 Å². The summed E-state index contributed by atoms with van der Waals surface area (Å²) in [7, 11) is 1.58. The quantitative estimate of drug-likeness (QED) is 0.477. The van der Waals surface area contributed by atoms with Gasteiger partial charge in [0.2, 0.25) is 0 Å². The number of hydrogen-bond acceptors (Lipinski definition) is 5. The van der Waals surface area contributed by atoms with Crippen LogP contribution < -0.4 is 25.7 Å². The Morgan fingerprint density at radius 2 is 1.81 bits per heavy atom. The molecule has 0 atom stereocenters. The molecule has 2 aromatic carbocycles. The maximum absolute atomic E-state index is 12.4. The van der Waals surface area contributed by atoms with Crippen LogP contribution in [-0.2, 0) is 6.61 Å².